The van der Waals surface area contributed by atoms with Crippen LogP contribution in [0.4, 0.5) is 0 Å². The minimum Gasteiger partial charge on any atom is -0.490 e. The van der Waals surface area contributed by atoms with Crippen LogP contribution in [0, 0.1) is 11.3 Å². The Balaban J connectivity index is 1.84. The van der Waals surface area contributed by atoms with Crippen molar-refractivity contribution in [2.75, 3.05) is 13.1 Å². The highest BCUT2D eigenvalue weighted by atomic mass is 16.5. The van der Waals surface area contributed by atoms with Crippen LogP contribution < -0.4 is 4.74 Å². The topological polar surface area (TPSA) is 66.8 Å². The molecule has 1 aliphatic carbocycles. The van der Waals surface area contributed by atoms with E-state index in [9.17, 15) is 14.7 Å². The Morgan fingerprint density at radius 2 is 2.09 bits per heavy atom. The van der Waals surface area contributed by atoms with Crippen molar-refractivity contribution in [3.8, 4) is 5.75 Å². The number of nitrogens with zero attached hydrogens (tertiary/aromatic N) is 1. The highest BCUT2D eigenvalue weighted by Crippen LogP contribution is 2.49. The Labute approximate surface area is 136 Å². The van der Waals surface area contributed by atoms with Crippen LogP contribution in [0.25, 0.3) is 0 Å². The van der Waals surface area contributed by atoms with Crippen LogP contribution in [-0.2, 0) is 4.79 Å². The van der Waals surface area contributed by atoms with Gasteiger partial charge in [0.05, 0.1) is 17.1 Å². The average Bonchev–Trinajstić information content (AvgIpc) is 3.04. The van der Waals surface area contributed by atoms with Crippen molar-refractivity contribution in [3.63, 3.8) is 0 Å². The first-order valence-corrected chi connectivity index (χ1v) is 8.22. The Morgan fingerprint density at radius 1 is 1.35 bits per heavy atom. The highest BCUT2D eigenvalue weighted by Gasteiger charge is 2.55. The van der Waals surface area contributed by atoms with E-state index < -0.39 is 11.4 Å². The highest BCUT2D eigenvalue weighted by molar-refractivity contribution is 5.97. The van der Waals surface area contributed by atoms with E-state index in [0.29, 0.717) is 30.8 Å². The number of hydrogen-bond acceptors (Lipinski definition) is 3. The van der Waals surface area contributed by atoms with E-state index in [-0.39, 0.29) is 17.9 Å². The van der Waals surface area contributed by atoms with Crippen LogP contribution >= 0.6 is 0 Å². The molecule has 0 aromatic heterocycles. The predicted octanol–water partition coefficient (Wildman–Crippen LogP) is 2.80. The molecule has 5 nitrogen and oxygen atoms in total. The van der Waals surface area contributed by atoms with Gasteiger partial charge in [0.15, 0.2) is 0 Å². The lowest BCUT2D eigenvalue weighted by Crippen LogP contribution is -2.37. The van der Waals surface area contributed by atoms with E-state index in [1.54, 1.807) is 17.0 Å². The van der Waals surface area contributed by atoms with Gasteiger partial charge in [-0.2, -0.15) is 0 Å². The summed E-state index contributed by atoms with van der Waals surface area (Å²) in [6, 6.07) is 7.19. The Bertz CT molecular complexity index is 627. The summed E-state index contributed by atoms with van der Waals surface area (Å²) in [6.07, 6.45) is 2.47. The fourth-order valence-electron chi connectivity index (χ4n) is 3.96. The third-order valence-electron chi connectivity index (χ3n) is 5.06. The van der Waals surface area contributed by atoms with E-state index in [1.165, 1.54) is 0 Å². The quantitative estimate of drug-likeness (QED) is 0.927. The summed E-state index contributed by atoms with van der Waals surface area (Å²) in [5.41, 5.74) is -0.231. The number of carboxylic acid groups (broad SMARTS) is 1. The number of amides is 1. The molecule has 124 valence electrons. The van der Waals surface area contributed by atoms with Gasteiger partial charge in [-0.3, -0.25) is 9.59 Å². The SMILES string of the molecule is CC(C)Oc1ccccc1C(=O)N1C[C@@H]2CCC[C@@]2(C(=O)O)C1. The van der Waals surface area contributed by atoms with Crippen LogP contribution in [0.5, 0.6) is 5.75 Å². The number of likely N-dealkylation sites (tertiary alicyclic amines) is 1. The van der Waals surface area contributed by atoms with E-state index >= 15 is 0 Å². The maximum atomic E-state index is 12.9. The lowest BCUT2D eigenvalue weighted by Gasteiger charge is -2.24. The second-order valence-electron chi connectivity index (χ2n) is 6.90. The van der Waals surface area contributed by atoms with Crippen LogP contribution in [-0.4, -0.2) is 41.1 Å². The van der Waals surface area contributed by atoms with Gasteiger partial charge in [-0.25, -0.2) is 0 Å². The standard InChI is InChI=1S/C18H23NO4/c1-12(2)23-15-8-4-3-7-14(15)16(20)19-10-13-6-5-9-18(13,11-19)17(21)22/h3-4,7-8,12-13H,5-6,9-11H2,1-2H3,(H,21,22)/t13-,18+/m0/s1. The monoisotopic (exact) mass is 317 g/mol. The molecule has 1 aromatic carbocycles. The maximum absolute atomic E-state index is 12.9. The molecule has 0 spiro atoms. The number of ether oxygens (including phenoxy) is 1. The second-order valence-corrected chi connectivity index (χ2v) is 6.90. The molecule has 23 heavy (non-hydrogen) atoms. The van der Waals surface area contributed by atoms with Gasteiger partial charge >= 0.3 is 5.97 Å². The van der Waals surface area contributed by atoms with Crippen molar-refractivity contribution in [2.45, 2.75) is 39.2 Å². The number of aliphatic carboxylic acids is 1. The first kappa shape index (κ1) is 15.8. The van der Waals surface area contributed by atoms with E-state index in [0.717, 1.165) is 12.8 Å². The first-order chi connectivity index (χ1) is 10.9. The normalized spacial score (nSPS) is 26.4. The molecule has 2 fully saturated rings. The van der Waals surface area contributed by atoms with Crippen LogP contribution in [0.1, 0.15) is 43.5 Å². The molecule has 0 bridgehead atoms. The zero-order valence-corrected chi connectivity index (χ0v) is 13.6. The van der Waals surface area contributed by atoms with Crippen molar-refractivity contribution in [1.29, 1.82) is 0 Å². The van der Waals surface area contributed by atoms with Crippen molar-refractivity contribution in [1.82, 2.24) is 4.90 Å². The minimum absolute atomic E-state index is 0.0210. The molecule has 1 aliphatic heterocycles. The summed E-state index contributed by atoms with van der Waals surface area (Å²) in [5.74, 6) is -0.255. The average molecular weight is 317 g/mol. The van der Waals surface area contributed by atoms with Crippen molar-refractivity contribution < 1.29 is 19.4 Å². The van der Waals surface area contributed by atoms with E-state index in [1.807, 2.05) is 26.0 Å². The molecule has 2 atom stereocenters. The zero-order chi connectivity index (χ0) is 16.6. The minimum atomic E-state index is -0.762. The van der Waals surface area contributed by atoms with Gasteiger partial charge in [0.1, 0.15) is 5.75 Å². The van der Waals surface area contributed by atoms with Crippen molar-refractivity contribution in [3.05, 3.63) is 29.8 Å². The van der Waals surface area contributed by atoms with Gasteiger partial charge in [-0.05, 0) is 44.7 Å². The Morgan fingerprint density at radius 3 is 2.74 bits per heavy atom. The number of benzene rings is 1. The number of carboxylic acids is 1. The lowest BCUT2D eigenvalue weighted by molar-refractivity contribution is -0.149. The Hall–Kier alpha value is -2.04. The lowest BCUT2D eigenvalue weighted by atomic mass is 9.81. The molecular weight excluding hydrogens is 294 g/mol. The van der Waals surface area contributed by atoms with Crippen LogP contribution in [0.3, 0.4) is 0 Å². The van der Waals surface area contributed by atoms with Crippen molar-refractivity contribution in [2.24, 2.45) is 11.3 Å². The number of rotatable bonds is 4. The molecule has 1 N–H and O–H groups in total. The summed E-state index contributed by atoms with van der Waals surface area (Å²) in [6.45, 7) is 4.67. The number of carbonyl (C=O) groups excluding carboxylic acids is 1. The first-order valence-electron chi connectivity index (χ1n) is 8.22. The molecule has 1 saturated heterocycles. The second kappa shape index (κ2) is 5.87. The van der Waals surface area contributed by atoms with Gasteiger partial charge < -0.3 is 14.7 Å². The smallest absolute Gasteiger partial charge is 0.311 e. The van der Waals surface area contributed by atoms with E-state index in [4.69, 9.17) is 4.74 Å². The maximum Gasteiger partial charge on any atom is 0.311 e. The number of hydrogen-bond donors (Lipinski definition) is 1. The summed E-state index contributed by atoms with van der Waals surface area (Å²) >= 11 is 0. The number of fused-ring (bicyclic) bond motifs is 1. The van der Waals surface area contributed by atoms with Gasteiger partial charge in [0, 0.05) is 13.1 Å². The van der Waals surface area contributed by atoms with E-state index in [2.05, 4.69) is 0 Å². The fraction of sp³-hybridized carbons (Fsp3) is 0.556. The number of para-hydroxylation sites is 1. The van der Waals surface area contributed by atoms with Gasteiger partial charge in [0.2, 0.25) is 0 Å². The van der Waals surface area contributed by atoms with Crippen LogP contribution in [0.15, 0.2) is 24.3 Å². The third kappa shape index (κ3) is 2.69. The molecule has 0 radical (unpaired) electrons. The third-order valence-corrected chi connectivity index (χ3v) is 5.06. The predicted molar refractivity (Wildman–Crippen MR) is 85.5 cm³/mol. The molecule has 1 heterocycles. The fourth-order valence-corrected chi connectivity index (χ4v) is 3.96. The molecule has 5 heteroatoms. The molecule has 2 aliphatic rings. The molecule has 1 aromatic rings. The number of carbonyl (C=O) groups is 2. The molecule has 1 saturated carbocycles. The van der Waals surface area contributed by atoms with Gasteiger partial charge in [-0.1, -0.05) is 18.6 Å². The molecule has 3 rings (SSSR count). The Kier molecular flexibility index (Phi) is 4.04. The molecule has 1 amide bonds. The van der Waals surface area contributed by atoms with Crippen molar-refractivity contribution >= 4 is 11.9 Å². The molecule has 0 unspecified atom stereocenters. The molecular formula is C18H23NO4. The van der Waals surface area contributed by atoms with Gasteiger partial charge in [-0.15, -0.1) is 0 Å². The summed E-state index contributed by atoms with van der Waals surface area (Å²) < 4.78 is 5.73. The summed E-state index contributed by atoms with van der Waals surface area (Å²) in [4.78, 5) is 26.4. The summed E-state index contributed by atoms with van der Waals surface area (Å²) in [7, 11) is 0. The largest absolute Gasteiger partial charge is 0.490 e. The van der Waals surface area contributed by atoms with Crippen LogP contribution in [0.2, 0.25) is 0 Å². The summed E-state index contributed by atoms with van der Waals surface area (Å²) in [5, 5.41) is 9.66. The zero-order valence-electron chi connectivity index (χ0n) is 13.6. The van der Waals surface area contributed by atoms with Gasteiger partial charge in [0.25, 0.3) is 5.91 Å².